The fraction of sp³-hybridized carbons (Fsp3) is 0.167. The molecule has 0 N–H and O–H groups in total. The number of benzene rings is 1. The van der Waals surface area contributed by atoms with Gasteiger partial charge >= 0.3 is 0 Å². The quantitative estimate of drug-likeness (QED) is 0.788. The third-order valence-corrected chi connectivity index (χ3v) is 2.02. The van der Waals surface area contributed by atoms with Gasteiger partial charge in [0.15, 0.2) is 0 Å². The molecule has 0 saturated carbocycles. The predicted octanol–water partition coefficient (Wildman–Crippen LogP) is 2.78. The highest BCUT2D eigenvalue weighted by Crippen LogP contribution is 2.21. The molecule has 2 rings (SSSR count). The Morgan fingerprint density at radius 2 is 2.38 bits per heavy atom. The molecule has 0 unspecified atom stereocenters. The van der Waals surface area contributed by atoms with E-state index in [2.05, 4.69) is 16.7 Å². The highest BCUT2D eigenvalue weighted by Gasteiger charge is 2.06. The average Bonchev–Trinajstić information content (AvgIpc) is 2.78. The largest absolute Gasteiger partial charge is 0.494 e. The molecule has 0 spiro atoms. The van der Waals surface area contributed by atoms with E-state index in [4.69, 9.17) is 9.26 Å². The van der Waals surface area contributed by atoms with Crippen LogP contribution in [-0.4, -0.2) is 16.7 Å². The first kappa shape index (κ1) is 10.4. The second kappa shape index (κ2) is 4.61. The smallest absolute Gasteiger partial charge is 0.250 e. The van der Waals surface area contributed by atoms with Crippen LogP contribution in [0.3, 0.4) is 0 Å². The maximum Gasteiger partial charge on any atom is 0.250 e. The average molecular weight is 216 g/mol. The van der Waals surface area contributed by atoms with Crippen molar-refractivity contribution in [3.05, 3.63) is 36.7 Å². The standard InChI is InChI=1S/C12H12N2O2/c1-3-11-13-12(14-16-11)9-6-5-7-10(8-9)15-4-2/h3,5-8H,1,4H2,2H3. The summed E-state index contributed by atoms with van der Waals surface area (Å²) in [5, 5.41) is 3.85. The first-order chi connectivity index (χ1) is 7.83. The van der Waals surface area contributed by atoms with Crippen LogP contribution in [0, 0.1) is 0 Å². The Kier molecular flexibility index (Phi) is 3.00. The first-order valence-corrected chi connectivity index (χ1v) is 5.03. The fourth-order valence-electron chi connectivity index (χ4n) is 1.33. The van der Waals surface area contributed by atoms with E-state index in [1.54, 1.807) is 0 Å². The first-order valence-electron chi connectivity index (χ1n) is 5.03. The van der Waals surface area contributed by atoms with Crippen molar-refractivity contribution in [1.29, 1.82) is 0 Å². The lowest BCUT2D eigenvalue weighted by molar-refractivity contribution is 0.340. The van der Waals surface area contributed by atoms with Crippen molar-refractivity contribution >= 4 is 6.08 Å². The lowest BCUT2D eigenvalue weighted by Gasteiger charge is -2.02. The summed E-state index contributed by atoms with van der Waals surface area (Å²) in [6.07, 6.45) is 1.52. The van der Waals surface area contributed by atoms with Crippen LogP contribution in [0.15, 0.2) is 35.4 Å². The maximum absolute atomic E-state index is 5.39. The molecule has 0 amide bonds. The van der Waals surface area contributed by atoms with Crippen molar-refractivity contribution in [2.75, 3.05) is 6.61 Å². The monoisotopic (exact) mass is 216 g/mol. The molecule has 4 nitrogen and oxygen atoms in total. The minimum absolute atomic E-state index is 0.414. The summed E-state index contributed by atoms with van der Waals surface area (Å²) in [4.78, 5) is 4.15. The molecule has 0 aliphatic heterocycles. The summed E-state index contributed by atoms with van der Waals surface area (Å²) in [7, 11) is 0. The molecular weight excluding hydrogens is 204 g/mol. The van der Waals surface area contributed by atoms with Gasteiger partial charge in [0.2, 0.25) is 11.7 Å². The van der Waals surface area contributed by atoms with E-state index >= 15 is 0 Å². The van der Waals surface area contributed by atoms with E-state index in [9.17, 15) is 0 Å². The Balaban J connectivity index is 2.32. The molecule has 0 atom stereocenters. The molecule has 2 aromatic rings. The highest BCUT2D eigenvalue weighted by atomic mass is 16.5. The SMILES string of the molecule is C=Cc1nc(-c2cccc(OCC)c2)no1. The maximum atomic E-state index is 5.39. The molecule has 1 heterocycles. The van der Waals surface area contributed by atoms with Gasteiger partial charge in [0, 0.05) is 5.56 Å². The third kappa shape index (κ3) is 2.11. The van der Waals surface area contributed by atoms with Gasteiger partial charge in [0.25, 0.3) is 0 Å². The molecule has 1 aromatic carbocycles. The molecule has 0 aliphatic carbocycles. The van der Waals surface area contributed by atoms with Crippen LogP contribution in [0.25, 0.3) is 17.5 Å². The third-order valence-electron chi connectivity index (χ3n) is 2.02. The highest BCUT2D eigenvalue weighted by molar-refractivity contribution is 5.57. The van der Waals surface area contributed by atoms with Crippen molar-refractivity contribution in [3.63, 3.8) is 0 Å². The molecule has 0 radical (unpaired) electrons. The van der Waals surface area contributed by atoms with E-state index in [1.165, 1.54) is 6.08 Å². The molecule has 16 heavy (non-hydrogen) atoms. The summed E-state index contributed by atoms with van der Waals surface area (Å²) in [5.41, 5.74) is 0.864. The molecular formula is C12H12N2O2. The van der Waals surface area contributed by atoms with E-state index < -0.39 is 0 Å². The van der Waals surface area contributed by atoms with Crippen molar-refractivity contribution in [2.24, 2.45) is 0 Å². The Hall–Kier alpha value is -2.10. The Bertz CT molecular complexity index is 491. The second-order valence-corrected chi connectivity index (χ2v) is 3.12. The number of nitrogens with zero attached hydrogens (tertiary/aromatic N) is 2. The normalized spacial score (nSPS) is 10.1. The van der Waals surface area contributed by atoms with E-state index in [0.29, 0.717) is 18.3 Å². The van der Waals surface area contributed by atoms with Gasteiger partial charge < -0.3 is 9.26 Å². The van der Waals surface area contributed by atoms with E-state index in [-0.39, 0.29) is 0 Å². The number of rotatable bonds is 4. The fourth-order valence-corrected chi connectivity index (χ4v) is 1.33. The summed E-state index contributed by atoms with van der Waals surface area (Å²) in [6.45, 7) is 6.14. The van der Waals surface area contributed by atoms with Gasteiger partial charge in [-0.05, 0) is 25.1 Å². The topological polar surface area (TPSA) is 48.2 Å². The van der Waals surface area contributed by atoms with Gasteiger partial charge in [-0.25, -0.2) is 0 Å². The number of hydrogen-bond donors (Lipinski definition) is 0. The zero-order chi connectivity index (χ0) is 11.4. The van der Waals surface area contributed by atoms with Crippen LogP contribution in [0.1, 0.15) is 12.8 Å². The van der Waals surface area contributed by atoms with Crippen molar-refractivity contribution < 1.29 is 9.26 Å². The Labute approximate surface area is 93.6 Å². The Morgan fingerprint density at radius 1 is 1.50 bits per heavy atom. The zero-order valence-electron chi connectivity index (χ0n) is 9.01. The minimum atomic E-state index is 0.414. The van der Waals surface area contributed by atoms with Gasteiger partial charge in [-0.3, -0.25) is 0 Å². The second-order valence-electron chi connectivity index (χ2n) is 3.12. The van der Waals surface area contributed by atoms with Gasteiger partial charge in [-0.2, -0.15) is 4.98 Å². The van der Waals surface area contributed by atoms with Crippen molar-refractivity contribution in [2.45, 2.75) is 6.92 Å². The number of ether oxygens (including phenoxy) is 1. The number of hydrogen-bond acceptors (Lipinski definition) is 4. The molecule has 1 aromatic heterocycles. The molecule has 0 aliphatic rings. The van der Waals surface area contributed by atoms with Crippen LogP contribution in [0.5, 0.6) is 5.75 Å². The molecule has 0 bridgehead atoms. The molecule has 0 fully saturated rings. The lowest BCUT2D eigenvalue weighted by Crippen LogP contribution is -1.91. The molecule has 4 heteroatoms. The molecule has 0 saturated heterocycles. The van der Waals surface area contributed by atoms with Crippen LogP contribution >= 0.6 is 0 Å². The van der Waals surface area contributed by atoms with Gasteiger partial charge in [-0.15, -0.1) is 0 Å². The van der Waals surface area contributed by atoms with Crippen LogP contribution in [0.4, 0.5) is 0 Å². The van der Waals surface area contributed by atoms with Crippen LogP contribution < -0.4 is 4.74 Å². The zero-order valence-corrected chi connectivity index (χ0v) is 9.01. The summed E-state index contributed by atoms with van der Waals surface area (Å²) in [6, 6.07) is 7.56. The van der Waals surface area contributed by atoms with Crippen LogP contribution in [-0.2, 0) is 0 Å². The lowest BCUT2D eigenvalue weighted by atomic mass is 10.2. The number of aromatic nitrogens is 2. The summed E-state index contributed by atoms with van der Waals surface area (Å²) < 4.78 is 10.3. The predicted molar refractivity (Wildman–Crippen MR) is 61.0 cm³/mol. The molecule has 82 valence electrons. The van der Waals surface area contributed by atoms with Crippen LogP contribution in [0.2, 0.25) is 0 Å². The van der Waals surface area contributed by atoms with Gasteiger partial charge in [-0.1, -0.05) is 23.9 Å². The summed E-state index contributed by atoms with van der Waals surface area (Å²) >= 11 is 0. The summed E-state index contributed by atoms with van der Waals surface area (Å²) in [5.74, 6) is 1.75. The van der Waals surface area contributed by atoms with Crippen molar-refractivity contribution in [3.8, 4) is 17.1 Å². The Morgan fingerprint density at radius 3 is 3.06 bits per heavy atom. The van der Waals surface area contributed by atoms with Gasteiger partial charge in [0.1, 0.15) is 5.75 Å². The van der Waals surface area contributed by atoms with Gasteiger partial charge in [0.05, 0.1) is 6.61 Å². The van der Waals surface area contributed by atoms with Crippen molar-refractivity contribution in [1.82, 2.24) is 10.1 Å². The van der Waals surface area contributed by atoms with E-state index in [1.807, 2.05) is 31.2 Å². The minimum Gasteiger partial charge on any atom is -0.494 e. The van der Waals surface area contributed by atoms with E-state index in [0.717, 1.165) is 11.3 Å².